The molecule has 12 heteroatoms. The van der Waals surface area contributed by atoms with E-state index in [0.717, 1.165) is 73.4 Å². The van der Waals surface area contributed by atoms with E-state index < -0.39 is 0 Å². The Morgan fingerprint density at radius 1 is 0.631 bits per heavy atom. The number of imidazole rings is 1. The molecule has 322 valence electrons. The lowest BCUT2D eigenvalue weighted by atomic mass is 10.0. The van der Waals surface area contributed by atoms with Crippen molar-refractivity contribution in [3.63, 3.8) is 0 Å². The largest absolute Gasteiger partial charge is 0.352 e. The van der Waals surface area contributed by atoms with Crippen LogP contribution in [-0.4, -0.2) is 64.4 Å². The number of H-pyrrole nitrogens is 1. The molecule has 0 saturated carbocycles. The minimum Gasteiger partial charge on any atom is -0.352 e. The van der Waals surface area contributed by atoms with Crippen molar-refractivity contribution in [1.82, 2.24) is 50.1 Å². The molecule has 0 fully saturated rings. The van der Waals surface area contributed by atoms with Gasteiger partial charge in [-0.25, -0.2) is 14.3 Å². The van der Waals surface area contributed by atoms with Crippen LogP contribution < -0.4 is 10.6 Å². The van der Waals surface area contributed by atoms with Crippen LogP contribution in [0.1, 0.15) is 93.8 Å². The van der Waals surface area contributed by atoms with E-state index in [1.165, 1.54) is 0 Å². The van der Waals surface area contributed by atoms with Gasteiger partial charge in [0.15, 0.2) is 0 Å². The molecule has 0 radical (unpaired) electrons. The Hall–Kier alpha value is -8.35. The monoisotopic (exact) mass is 856 g/mol. The Labute approximate surface area is 378 Å². The van der Waals surface area contributed by atoms with E-state index in [1.54, 1.807) is 24.9 Å². The van der Waals surface area contributed by atoms with Crippen LogP contribution in [0.4, 0.5) is 0 Å². The van der Waals surface area contributed by atoms with Gasteiger partial charge in [-0.15, -0.1) is 0 Å². The molecule has 8 aromatic rings. The maximum atomic E-state index is 13.4. The maximum absolute atomic E-state index is 13.4. The lowest BCUT2D eigenvalue weighted by molar-refractivity contribution is 0.0945. The van der Waals surface area contributed by atoms with Gasteiger partial charge >= 0.3 is 0 Å². The zero-order chi connectivity index (χ0) is 45.3. The average molecular weight is 857 g/mol. The summed E-state index contributed by atoms with van der Waals surface area (Å²) in [6.45, 7) is 11.0. The Morgan fingerprint density at radius 2 is 1.26 bits per heavy atom. The summed E-state index contributed by atoms with van der Waals surface area (Å²) in [5.74, 6) is 13.0. The first-order chi connectivity index (χ1) is 31.6. The summed E-state index contributed by atoms with van der Waals surface area (Å²) >= 11 is 0. The SMILES string of the molecule is Cc1nn(-c2ccc(C(=O)NCCc3c[nH]cn3)cc2C#Cc2cccc(Cc3c(C)c(C)nn3-c3ccc(C(=O)NCCc4cnccn4)cc3C#Cc3ccccc3)c2)c(C)c1C. The smallest absolute Gasteiger partial charge is 0.251 e. The minimum absolute atomic E-state index is 0.189. The Kier molecular flexibility index (Phi) is 13.2. The first kappa shape index (κ1) is 43.3. The third-order valence-corrected chi connectivity index (χ3v) is 11.4. The molecule has 65 heavy (non-hydrogen) atoms. The molecule has 12 nitrogen and oxygen atoms in total. The Bertz CT molecular complexity index is 3130. The number of carbonyl (C=O) groups is 2. The van der Waals surface area contributed by atoms with Gasteiger partial charge in [0, 0.05) is 85.1 Å². The van der Waals surface area contributed by atoms with Gasteiger partial charge in [-0.05, 0) is 112 Å². The second kappa shape index (κ2) is 19.8. The van der Waals surface area contributed by atoms with Crippen molar-refractivity contribution in [2.24, 2.45) is 0 Å². The number of nitrogens with zero attached hydrogens (tertiary/aromatic N) is 7. The number of aryl methyl sites for hydroxylation is 2. The third kappa shape index (κ3) is 10.3. The topological polar surface area (TPSA) is 148 Å². The first-order valence-electron chi connectivity index (χ1n) is 21.4. The number of benzene rings is 4. The summed E-state index contributed by atoms with van der Waals surface area (Å²) in [6.07, 6.45) is 10.2. The minimum atomic E-state index is -0.206. The molecule has 0 saturated heterocycles. The quantitative estimate of drug-likeness (QED) is 0.108. The zero-order valence-electron chi connectivity index (χ0n) is 37.0. The molecular weight excluding hydrogens is 809 g/mol. The first-order valence-corrected chi connectivity index (χ1v) is 21.4. The number of rotatable bonds is 12. The molecule has 8 rings (SSSR count). The summed E-state index contributed by atoms with van der Waals surface area (Å²) in [6, 6.07) is 29.0. The van der Waals surface area contributed by atoms with E-state index in [-0.39, 0.29) is 11.8 Å². The average Bonchev–Trinajstić information content (AvgIpc) is 4.02. The molecule has 0 atom stereocenters. The fourth-order valence-corrected chi connectivity index (χ4v) is 7.39. The highest BCUT2D eigenvalue weighted by molar-refractivity contribution is 5.95. The highest BCUT2D eigenvalue weighted by atomic mass is 16.2. The highest BCUT2D eigenvalue weighted by Crippen LogP contribution is 2.26. The van der Waals surface area contributed by atoms with Crippen molar-refractivity contribution < 1.29 is 9.59 Å². The normalized spacial score (nSPS) is 10.7. The van der Waals surface area contributed by atoms with Gasteiger partial charge in [-0.3, -0.25) is 19.6 Å². The number of amides is 2. The van der Waals surface area contributed by atoms with Crippen LogP contribution in [0.25, 0.3) is 11.4 Å². The van der Waals surface area contributed by atoms with Crippen LogP contribution >= 0.6 is 0 Å². The maximum Gasteiger partial charge on any atom is 0.251 e. The number of hydrogen-bond acceptors (Lipinski definition) is 7. The zero-order valence-corrected chi connectivity index (χ0v) is 37.0. The molecule has 0 unspecified atom stereocenters. The van der Waals surface area contributed by atoms with Crippen molar-refractivity contribution in [2.75, 3.05) is 13.1 Å². The van der Waals surface area contributed by atoms with Crippen LogP contribution in [0.15, 0.2) is 122 Å². The Balaban J connectivity index is 1.09. The van der Waals surface area contributed by atoms with Crippen molar-refractivity contribution in [3.8, 4) is 35.1 Å². The lowest BCUT2D eigenvalue weighted by Crippen LogP contribution is -2.26. The standard InChI is InChI=1S/C53H48N10O2/c1-35-37(3)60-62(39(35)5)49-20-18-45(52(64)58-25-23-48-33-55-34-59-48)30-43(49)17-15-41-12-9-13-42(28-41)29-51-36(2)38(4)61-63(51)50-21-19-46(31-44(50)16-14-40-10-7-6-8-11-40)53(65)57-24-22-47-32-54-26-27-56-47/h6-13,18-21,26-28,30-34H,22-25,29H2,1-5H3,(H,55,59)(H,57,65)(H,58,64). The highest BCUT2D eigenvalue weighted by Gasteiger charge is 2.19. The summed E-state index contributed by atoms with van der Waals surface area (Å²) in [5.41, 5.74) is 14.3. The van der Waals surface area contributed by atoms with Gasteiger partial charge < -0.3 is 15.6 Å². The third-order valence-electron chi connectivity index (χ3n) is 11.4. The second-order valence-electron chi connectivity index (χ2n) is 15.8. The molecule has 0 bridgehead atoms. The summed E-state index contributed by atoms with van der Waals surface area (Å²) < 4.78 is 3.84. The number of aromatic nitrogens is 8. The van der Waals surface area contributed by atoms with Crippen LogP contribution in [0.3, 0.4) is 0 Å². The van der Waals surface area contributed by atoms with Crippen molar-refractivity contribution in [1.29, 1.82) is 0 Å². The molecule has 4 aromatic carbocycles. The summed E-state index contributed by atoms with van der Waals surface area (Å²) in [4.78, 5) is 42.4. The second-order valence-corrected chi connectivity index (χ2v) is 15.8. The predicted octanol–water partition coefficient (Wildman–Crippen LogP) is 7.45. The van der Waals surface area contributed by atoms with Crippen molar-refractivity contribution in [2.45, 2.75) is 53.9 Å². The molecule has 0 spiro atoms. The van der Waals surface area contributed by atoms with Gasteiger partial charge in [-0.1, -0.05) is 54.0 Å². The molecule has 2 amide bonds. The molecule has 0 aliphatic carbocycles. The van der Waals surface area contributed by atoms with E-state index in [2.05, 4.69) is 80.2 Å². The van der Waals surface area contributed by atoms with Gasteiger partial charge in [0.1, 0.15) is 0 Å². The number of hydrogen-bond donors (Lipinski definition) is 3. The van der Waals surface area contributed by atoms with E-state index in [1.807, 2.05) is 115 Å². The van der Waals surface area contributed by atoms with Crippen LogP contribution in [0, 0.1) is 58.3 Å². The van der Waals surface area contributed by atoms with E-state index >= 15 is 0 Å². The number of nitrogens with one attached hydrogen (secondary N) is 3. The van der Waals surface area contributed by atoms with E-state index in [4.69, 9.17) is 10.2 Å². The van der Waals surface area contributed by atoms with E-state index in [9.17, 15) is 9.59 Å². The fourth-order valence-electron chi connectivity index (χ4n) is 7.39. The van der Waals surface area contributed by atoms with Gasteiger partial charge in [0.05, 0.1) is 57.3 Å². The molecule has 0 aliphatic rings. The van der Waals surface area contributed by atoms with Crippen molar-refractivity contribution >= 4 is 11.8 Å². The molecular formula is C53H48N10O2. The lowest BCUT2D eigenvalue weighted by Gasteiger charge is -2.13. The van der Waals surface area contributed by atoms with Gasteiger partial charge in [0.25, 0.3) is 11.8 Å². The predicted molar refractivity (Wildman–Crippen MR) is 251 cm³/mol. The number of aromatic amines is 1. The Morgan fingerprint density at radius 3 is 1.89 bits per heavy atom. The van der Waals surface area contributed by atoms with E-state index in [0.29, 0.717) is 54.6 Å². The molecule has 4 heterocycles. The van der Waals surface area contributed by atoms with Crippen LogP contribution in [0.2, 0.25) is 0 Å². The number of carbonyl (C=O) groups excluding carboxylic acids is 2. The van der Waals surface area contributed by atoms with Crippen molar-refractivity contribution in [3.05, 3.63) is 206 Å². The van der Waals surface area contributed by atoms with Gasteiger partial charge in [-0.2, -0.15) is 10.2 Å². The summed E-state index contributed by atoms with van der Waals surface area (Å²) in [5, 5.41) is 15.9. The molecule has 4 aromatic heterocycles. The summed E-state index contributed by atoms with van der Waals surface area (Å²) in [7, 11) is 0. The molecule has 3 N–H and O–H groups in total. The van der Waals surface area contributed by atoms with Crippen LogP contribution in [0.5, 0.6) is 0 Å². The van der Waals surface area contributed by atoms with Crippen LogP contribution in [-0.2, 0) is 19.3 Å². The fraction of sp³-hybridized carbons (Fsp3) is 0.189. The molecule has 0 aliphatic heterocycles. The van der Waals surface area contributed by atoms with Gasteiger partial charge in [0.2, 0.25) is 0 Å².